The van der Waals surface area contributed by atoms with Gasteiger partial charge in [0.05, 0.1) is 14.2 Å². The van der Waals surface area contributed by atoms with Crippen molar-refractivity contribution >= 4 is 18.0 Å². The fraction of sp³-hybridized carbons (Fsp3) is 0.143. The van der Waals surface area contributed by atoms with Gasteiger partial charge in [0, 0.05) is 12.2 Å². The number of hydrogen-bond acceptors (Lipinski definition) is 4. The summed E-state index contributed by atoms with van der Waals surface area (Å²) in [6.07, 6.45) is 3.82. The highest BCUT2D eigenvalue weighted by atomic mass is 16.5. The van der Waals surface area contributed by atoms with E-state index in [4.69, 9.17) is 0 Å². The molecule has 0 fully saturated rings. The highest BCUT2D eigenvalue weighted by Gasteiger charge is 1.94. The van der Waals surface area contributed by atoms with Crippen LogP contribution < -0.4 is 0 Å². The van der Waals surface area contributed by atoms with Gasteiger partial charge in [0.1, 0.15) is 0 Å². The quantitative estimate of drug-likeness (QED) is 0.608. The normalized spacial score (nSPS) is 9.00. The van der Waals surface area contributed by atoms with E-state index in [0.717, 1.165) is 12.2 Å². The Morgan fingerprint density at radius 3 is 1.72 bits per heavy atom. The Hall–Kier alpha value is -2.36. The maximum absolute atomic E-state index is 10.3. The number of methoxy groups -OCH3 is 2. The van der Waals surface area contributed by atoms with Crippen LogP contribution >= 0.6 is 0 Å². The Labute approximate surface area is 107 Å². The van der Waals surface area contributed by atoms with E-state index < -0.39 is 11.9 Å². The van der Waals surface area contributed by atoms with Gasteiger partial charge in [-0.05, 0) is 5.56 Å². The van der Waals surface area contributed by atoms with Crippen LogP contribution in [0.5, 0.6) is 0 Å². The van der Waals surface area contributed by atoms with E-state index in [1.165, 1.54) is 19.8 Å². The van der Waals surface area contributed by atoms with Gasteiger partial charge in [-0.15, -0.1) is 0 Å². The molecule has 0 aliphatic heterocycles. The van der Waals surface area contributed by atoms with Crippen molar-refractivity contribution in [2.75, 3.05) is 14.2 Å². The minimum atomic E-state index is -0.578. The van der Waals surface area contributed by atoms with E-state index in [-0.39, 0.29) is 0 Å². The average Bonchev–Trinajstić information content (AvgIpc) is 2.45. The van der Waals surface area contributed by atoms with Gasteiger partial charge >= 0.3 is 11.9 Å². The molecule has 4 heteroatoms. The Balaban J connectivity index is 0.000000327. The Kier molecular flexibility index (Phi) is 8.55. The average molecular weight is 248 g/mol. The van der Waals surface area contributed by atoms with Crippen LogP contribution in [0.25, 0.3) is 6.08 Å². The van der Waals surface area contributed by atoms with E-state index in [1.807, 2.05) is 36.4 Å². The lowest BCUT2D eigenvalue weighted by atomic mass is 10.2. The number of carbonyl (C=O) groups is 2. The molecule has 96 valence electrons. The van der Waals surface area contributed by atoms with Gasteiger partial charge in [-0.1, -0.05) is 43.0 Å². The molecule has 0 amide bonds. The van der Waals surface area contributed by atoms with Gasteiger partial charge in [-0.2, -0.15) is 0 Å². The third-order valence-corrected chi connectivity index (χ3v) is 1.79. The summed E-state index contributed by atoms with van der Waals surface area (Å²) in [7, 11) is 2.45. The van der Waals surface area contributed by atoms with Crippen LogP contribution in [0.1, 0.15) is 5.56 Å². The van der Waals surface area contributed by atoms with Gasteiger partial charge in [0.2, 0.25) is 0 Å². The van der Waals surface area contributed by atoms with Gasteiger partial charge < -0.3 is 9.47 Å². The zero-order chi connectivity index (χ0) is 13.8. The molecule has 0 saturated carbocycles. The summed E-state index contributed by atoms with van der Waals surface area (Å²) >= 11 is 0. The standard InChI is InChI=1S/C8H8.C6H8O4/c1-2-8-6-4-3-5-7-8;1-9-5(7)3-4-6(8)10-2/h2-7H,1H2;3-4H,1-2H3. The van der Waals surface area contributed by atoms with Crippen molar-refractivity contribution in [1.29, 1.82) is 0 Å². The van der Waals surface area contributed by atoms with Crippen LogP contribution in [0.4, 0.5) is 0 Å². The van der Waals surface area contributed by atoms with Crippen LogP contribution in [0.15, 0.2) is 49.1 Å². The molecule has 0 aliphatic carbocycles. The molecule has 0 N–H and O–H groups in total. The second-order valence-corrected chi connectivity index (χ2v) is 2.99. The summed E-state index contributed by atoms with van der Waals surface area (Å²) in [6.45, 7) is 3.63. The fourth-order valence-corrected chi connectivity index (χ4v) is 0.861. The van der Waals surface area contributed by atoms with Gasteiger partial charge in [0.25, 0.3) is 0 Å². The lowest BCUT2D eigenvalue weighted by Gasteiger charge is -1.89. The van der Waals surface area contributed by atoms with Crippen LogP contribution in [-0.4, -0.2) is 26.2 Å². The van der Waals surface area contributed by atoms with Crippen LogP contribution in [-0.2, 0) is 19.1 Å². The van der Waals surface area contributed by atoms with Gasteiger partial charge in [0.15, 0.2) is 0 Å². The summed E-state index contributed by atoms with van der Waals surface area (Å²) < 4.78 is 8.42. The van der Waals surface area contributed by atoms with Crippen molar-refractivity contribution in [2.24, 2.45) is 0 Å². The molecule has 1 rings (SSSR count). The third kappa shape index (κ3) is 7.87. The molecular weight excluding hydrogens is 232 g/mol. The van der Waals surface area contributed by atoms with Crippen molar-refractivity contribution in [1.82, 2.24) is 0 Å². The maximum Gasteiger partial charge on any atom is 0.330 e. The van der Waals surface area contributed by atoms with Crippen molar-refractivity contribution in [3.63, 3.8) is 0 Å². The van der Waals surface area contributed by atoms with Gasteiger partial charge in [-0.25, -0.2) is 9.59 Å². The molecule has 0 aromatic heterocycles. The SMILES string of the molecule is C=Cc1ccccc1.COC(=O)C=CC(=O)OC. The molecular formula is C14H16O4. The second-order valence-electron chi connectivity index (χ2n) is 2.99. The first-order valence-corrected chi connectivity index (χ1v) is 5.15. The van der Waals surface area contributed by atoms with E-state index in [0.29, 0.717) is 0 Å². The highest BCUT2D eigenvalue weighted by molar-refractivity contribution is 5.91. The molecule has 0 radical (unpaired) electrons. The highest BCUT2D eigenvalue weighted by Crippen LogP contribution is 1.97. The van der Waals surface area contributed by atoms with Crippen LogP contribution in [0, 0.1) is 0 Å². The zero-order valence-corrected chi connectivity index (χ0v) is 10.5. The molecule has 0 unspecified atom stereocenters. The van der Waals surface area contributed by atoms with E-state index in [2.05, 4.69) is 16.1 Å². The first-order chi connectivity index (χ1) is 8.63. The first kappa shape index (κ1) is 15.6. The summed E-state index contributed by atoms with van der Waals surface area (Å²) in [5.74, 6) is -1.16. The molecule has 0 aliphatic rings. The maximum atomic E-state index is 10.3. The van der Waals surface area contributed by atoms with Crippen molar-refractivity contribution in [3.05, 3.63) is 54.6 Å². The topological polar surface area (TPSA) is 52.6 Å². The molecule has 0 heterocycles. The zero-order valence-electron chi connectivity index (χ0n) is 10.5. The lowest BCUT2D eigenvalue weighted by Crippen LogP contribution is -1.98. The Morgan fingerprint density at radius 2 is 1.44 bits per heavy atom. The number of carbonyl (C=O) groups excluding carboxylic acids is 2. The smallest absolute Gasteiger partial charge is 0.330 e. The van der Waals surface area contributed by atoms with E-state index in [9.17, 15) is 9.59 Å². The van der Waals surface area contributed by atoms with Crippen LogP contribution in [0.3, 0.4) is 0 Å². The number of ether oxygens (including phenoxy) is 2. The third-order valence-electron chi connectivity index (χ3n) is 1.79. The summed E-state index contributed by atoms with van der Waals surface area (Å²) in [6, 6.07) is 10.0. The molecule has 0 atom stereocenters. The van der Waals surface area contributed by atoms with Crippen LogP contribution in [0.2, 0.25) is 0 Å². The van der Waals surface area contributed by atoms with Crippen molar-refractivity contribution < 1.29 is 19.1 Å². The summed E-state index contributed by atoms with van der Waals surface area (Å²) in [5.41, 5.74) is 1.17. The number of benzene rings is 1. The summed E-state index contributed by atoms with van der Waals surface area (Å²) in [4.78, 5) is 20.6. The molecule has 0 bridgehead atoms. The number of hydrogen-bond donors (Lipinski definition) is 0. The molecule has 1 aromatic carbocycles. The summed E-state index contributed by atoms with van der Waals surface area (Å²) in [5, 5.41) is 0. The first-order valence-electron chi connectivity index (χ1n) is 5.15. The molecule has 0 saturated heterocycles. The van der Waals surface area contributed by atoms with E-state index >= 15 is 0 Å². The molecule has 0 spiro atoms. The number of rotatable bonds is 3. The van der Waals surface area contributed by atoms with Crippen molar-refractivity contribution in [2.45, 2.75) is 0 Å². The monoisotopic (exact) mass is 248 g/mol. The number of esters is 2. The van der Waals surface area contributed by atoms with E-state index in [1.54, 1.807) is 0 Å². The minimum absolute atomic E-state index is 0.578. The fourth-order valence-electron chi connectivity index (χ4n) is 0.861. The van der Waals surface area contributed by atoms with Crippen molar-refractivity contribution in [3.8, 4) is 0 Å². The predicted octanol–water partition coefficient (Wildman–Crippen LogP) is 2.22. The van der Waals surface area contributed by atoms with Gasteiger partial charge in [-0.3, -0.25) is 0 Å². The molecule has 18 heavy (non-hydrogen) atoms. The largest absolute Gasteiger partial charge is 0.466 e. The second kappa shape index (κ2) is 9.84. The lowest BCUT2D eigenvalue weighted by molar-refractivity contribution is -0.137. The Morgan fingerprint density at radius 1 is 1.00 bits per heavy atom. The molecule has 1 aromatic rings. The Bertz CT molecular complexity index is 389. The predicted molar refractivity (Wildman–Crippen MR) is 69.7 cm³/mol. The minimum Gasteiger partial charge on any atom is -0.466 e. The molecule has 4 nitrogen and oxygen atoms in total.